The molecule has 106 valence electrons. The fourth-order valence-electron chi connectivity index (χ4n) is 1.85. The van der Waals surface area contributed by atoms with E-state index < -0.39 is 0 Å². The van der Waals surface area contributed by atoms with Gasteiger partial charge in [-0.1, -0.05) is 17.7 Å². The third-order valence-corrected chi connectivity index (χ3v) is 3.01. The first-order valence-electron chi connectivity index (χ1n) is 6.59. The minimum atomic E-state index is -0.306. The molecule has 5 nitrogen and oxygen atoms in total. The van der Waals surface area contributed by atoms with E-state index in [1.807, 2.05) is 58.9 Å². The average molecular weight is 272 g/mol. The predicted octanol–water partition coefficient (Wildman–Crippen LogP) is 3.96. The van der Waals surface area contributed by atoms with Crippen LogP contribution in [-0.2, 0) is 5.54 Å². The van der Waals surface area contributed by atoms with E-state index in [0.29, 0.717) is 5.69 Å². The Kier molecular flexibility index (Phi) is 3.61. The minimum absolute atomic E-state index is 0.147. The number of aryl methyl sites for hydroxylation is 2. The Morgan fingerprint density at radius 3 is 2.15 bits per heavy atom. The minimum Gasteiger partial charge on any atom is -0.297 e. The molecule has 0 radical (unpaired) electrons. The van der Waals surface area contributed by atoms with E-state index in [0.717, 1.165) is 16.9 Å². The molecule has 0 saturated carbocycles. The maximum absolute atomic E-state index is 12.3. The van der Waals surface area contributed by atoms with Crippen LogP contribution < -0.4 is 5.56 Å². The molecular weight excluding hydrogens is 252 g/mol. The van der Waals surface area contributed by atoms with Crippen LogP contribution in [0.2, 0.25) is 0 Å². The molecule has 0 spiro atoms. The average Bonchev–Trinajstić information content (AvgIpc) is 2.64. The van der Waals surface area contributed by atoms with Gasteiger partial charge in [0.05, 0.1) is 16.9 Å². The van der Waals surface area contributed by atoms with E-state index in [1.165, 1.54) is 0 Å². The van der Waals surface area contributed by atoms with Crippen molar-refractivity contribution in [2.45, 2.75) is 40.2 Å². The smallest absolute Gasteiger partial charge is 0.295 e. The lowest BCUT2D eigenvalue weighted by atomic mass is 10.1. The number of nitrogens with zero attached hydrogens (tertiary/aromatic N) is 3. The monoisotopic (exact) mass is 272 g/mol. The molecule has 0 unspecified atom stereocenters. The highest BCUT2D eigenvalue weighted by Crippen LogP contribution is 2.20. The van der Waals surface area contributed by atoms with Gasteiger partial charge >= 0.3 is 0 Å². The Bertz CT molecular complexity index is 684. The molecule has 0 aliphatic heterocycles. The van der Waals surface area contributed by atoms with Crippen LogP contribution >= 0.6 is 0 Å². The van der Waals surface area contributed by atoms with Crippen molar-refractivity contribution in [3.8, 4) is 0 Å². The second-order valence-corrected chi connectivity index (χ2v) is 5.93. The topological polar surface area (TPSA) is 62.5 Å². The molecule has 0 saturated heterocycles. The number of hydrogen-bond donors (Lipinski definition) is 1. The molecule has 1 heterocycles. The van der Waals surface area contributed by atoms with Crippen LogP contribution in [-0.4, -0.2) is 9.78 Å². The number of rotatable bonds is 2. The van der Waals surface area contributed by atoms with Crippen molar-refractivity contribution in [3.63, 3.8) is 0 Å². The summed E-state index contributed by atoms with van der Waals surface area (Å²) in [6.07, 6.45) is 0. The van der Waals surface area contributed by atoms with Crippen molar-refractivity contribution in [3.05, 3.63) is 45.9 Å². The van der Waals surface area contributed by atoms with Crippen molar-refractivity contribution in [1.29, 1.82) is 0 Å². The van der Waals surface area contributed by atoms with Gasteiger partial charge in [0, 0.05) is 0 Å². The summed E-state index contributed by atoms with van der Waals surface area (Å²) < 4.78 is 1.58. The number of benzene rings is 1. The molecule has 1 N–H and O–H groups in total. The highest BCUT2D eigenvalue weighted by molar-refractivity contribution is 5.42. The molecule has 1 aromatic heterocycles. The van der Waals surface area contributed by atoms with Gasteiger partial charge in [-0.2, -0.15) is 5.11 Å². The van der Waals surface area contributed by atoms with Gasteiger partial charge in [-0.25, -0.2) is 4.68 Å². The SMILES string of the molecule is Cc1ccc(N=Nc2c(C)[nH]n(C(C)(C)C)c2=O)cc1. The third-order valence-electron chi connectivity index (χ3n) is 3.01. The van der Waals surface area contributed by atoms with Crippen molar-refractivity contribution in [2.24, 2.45) is 10.2 Å². The maximum Gasteiger partial charge on any atom is 0.295 e. The molecular formula is C15H20N4O. The van der Waals surface area contributed by atoms with E-state index >= 15 is 0 Å². The van der Waals surface area contributed by atoms with Gasteiger partial charge < -0.3 is 0 Å². The Morgan fingerprint density at radius 2 is 1.65 bits per heavy atom. The molecule has 5 heteroatoms. The fraction of sp³-hybridized carbons (Fsp3) is 0.400. The zero-order valence-corrected chi connectivity index (χ0v) is 12.6. The molecule has 1 aromatic carbocycles. The molecule has 0 aliphatic rings. The van der Waals surface area contributed by atoms with Crippen LogP contribution in [0.4, 0.5) is 11.4 Å². The number of hydrogen-bond acceptors (Lipinski definition) is 3. The molecule has 2 aromatic rings. The summed E-state index contributed by atoms with van der Waals surface area (Å²) >= 11 is 0. The van der Waals surface area contributed by atoms with Crippen molar-refractivity contribution < 1.29 is 0 Å². The fourth-order valence-corrected chi connectivity index (χ4v) is 1.85. The first kappa shape index (κ1) is 14.2. The zero-order chi connectivity index (χ0) is 14.9. The number of nitrogens with one attached hydrogen (secondary N) is 1. The highest BCUT2D eigenvalue weighted by Gasteiger charge is 2.20. The normalized spacial score (nSPS) is 12.2. The first-order valence-corrected chi connectivity index (χ1v) is 6.59. The van der Waals surface area contributed by atoms with Gasteiger partial charge in [0.1, 0.15) is 0 Å². The molecule has 2 rings (SSSR count). The quantitative estimate of drug-likeness (QED) is 0.826. The van der Waals surface area contributed by atoms with Gasteiger partial charge in [0.25, 0.3) is 5.56 Å². The van der Waals surface area contributed by atoms with Gasteiger partial charge in [-0.3, -0.25) is 9.89 Å². The summed E-state index contributed by atoms with van der Waals surface area (Å²) in [6, 6.07) is 7.68. The summed E-state index contributed by atoms with van der Waals surface area (Å²) in [5.74, 6) is 0. The van der Waals surface area contributed by atoms with E-state index in [9.17, 15) is 4.79 Å². The first-order chi connectivity index (χ1) is 9.29. The summed E-state index contributed by atoms with van der Waals surface area (Å²) in [6.45, 7) is 9.73. The van der Waals surface area contributed by atoms with E-state index in [-0.39, 0.29) is 11.1 Å². The van der Waals surface area contributed by atoms with Crippen LogP contribution in [0.15, 0.2) is 39.3 Å². The lowest BCUT2D eigenvalue weighted by Crippen LogP contribution is -2.32. The van der Waals surface area contributed by atoms with Gasteiger partial charge in [0.15, 0.2) is 5.69 Å². The second-order valence-electron chi connectivity index (χ2n) is 5.93. The maximum atomic E-state index is 12.3. The van der Waals surface area contributed by atoms with Crippen molar-refractivity contribution in [2.75, 3.05) is 0 Å². The predicted molar refractivity (Wildman–Crippen MR) is 80.1 cm³/mol. The number of aromatic amines is 1. The van der Waals surface area contributed by atoms with E-state index in [2.05, 4.69) is 15.3 Å². The molecule has 20 heavy (non-hydrogen) atoms. The lowest BCUT2D eigenvalue weighted by Gasteiger charge is -2.18. The molecule has 0 aliphatic carbocycles. The molecule has 0 amide bonds. The van der Waals surface area contributed by atoms with E-state index in [4.69, 9.17) is 0 Å². The Labute approximate surface area is 118 Å². The standard InChI is InChI=1S/C15H20N4O/c1-10-6-8-12(9-7-10)16-17-13-11(2)18-19(14(13)20)15(3,4)5/h6-9,18H,1-5H3. The van der Waals surface area contributed by atoms with Crippen LogP contribution in [0.5, 0.6) is 0 Å². The highest BCUT2D eigenvalue weighted by atomic mass is 16.1. The third kappa shape index (κ3) is 2.87. The van der Waals surface area contributed by atoms with Crippen LogP contribution in [0.25, 0.3) is 0 Å². The molecule has 0 atom stereocenters. The summed E-state index contributed by atoms with van der Waals surface area (Å²) in [4.78, 5) is 12.3. The number of azo groups is 1. The zero-order valence-electron chi connectivity index (χ0n) is 12.6. The summed E-state index contributed by atoms with van der Waals surface area (Å²) in [5, 5.41) is 11.3. The number of aromatic nitrogens is 2. The summed E-state index contributed by atoms with van der Waals surface area (Å²) in [7, 11) is 0. The Balaban J connectivity index is 2.37. The molecule has 0 fully saturated rings. The van der Waals surface area contributed by atoms with Gasteiger partial charge in [0.2, 0.25) is 0 Å². The van der Waals surface area contributed by atoms with E-state index in [1.54, 1.807) is 4.68 Å². The van der Waals surface area contributed by atoms with Gasteiger partial charge in [-0.05, 0) is 46.8 Å². The Hall–Kier alpha value is -2.17. The van der Waals surface area contributed by atoms with Crippen LogP contribution in [0, 0.1) is 13.8 Å². The Morgan fingerprint density at radius 1 is 1.05 bits per heavy atom. The summed E-state index contributed by atoms with van der Waals surface area (Å²) in [5.41, 5.74) is 2.53. The number of H-pyrrole nitrogens is 1. The van der Waals surface area contributed by atoms with Crippen LogP contribution in [0.3, 0.4) is 0 Å². The largest absolute Gasteiger partial charge is 0.297 e. The van der Waals surface area contributed by atoms with Crippen LogP contribution in [0.1, 0.15) is 32.0 Å². The second kappa shape index (κ2) is 5.07. The molecule has 0 bridgehead atoms. The van der Waals surface area contributed by atoms with Gasteiger partial charge in [-0.15, -0.1) is 5.11 Å². The lowest BCUT2D eigenvalue weighted by molar-refractivity contribution is 0.344. The van der Waals surface area contributed by atoms with Crippen molar-refractivity contribution >= 4 is 11.4 Å². The van der Waals surface area contributed by atoms with Crippen molar-refractivity contribution in [1.82, 2.24) is 9.78 Å².